The lowest BCUT2D eigenvalue weighted by Crippen LogP contribution is -2.14. The molecule has 1 atom stereocenters. The van der Waals surface area contributed by atoms with Crippen molar-refractivity contribution in [2.75, 3.05) is 11.2 Å². The Morgan fingerprint density at radius 2 is 2.38 bits per heavy atom. The van der Waals surface area contributed by atoms with Gasteiger partial charge in [-0.25, -0.2) is 0 Å². The van der Waals surface area contributed by atoms with E-state index in [0.717, 1.165) is 29.0 Å². The molecule has 0 saturated carbocycles. The van der Waals surface area contributed by atoms with E-state index in [9.17, 15) is 4.79 Å². The molecule has 1 N–H and O–H groups in total. The van der Waals surface area contributed by atoms with Gasteiger partial charge in [0.1, 0.15) is 17.7 Å². The predicted octanol–water partition coefficient (Wildman–Crippen LogP) is 2.50. The number of amides is 1. The van der Waals surface area contributed by atoms with E-state index in [2.05, 4.69) is 5.32 Å². The van der Waals surface area contributed by atoms with E-state index in [1.165, 1.54) is 0 Å². The average Bonchev–Trinajstić information content (AvgIpc) is 2.63. The van der Waals surface area contributed by atoms with Crippen molar-refractivity contribution in [3.63, 3.8) is 0 Å². The molecule has 4 heteroatoms. The minimum Gasteiger partial charge on any atom is -0.488 e. The Morgan fingerprint density at radius 3 is 3.06 bits per heavy atom. The lowest BCUT2D eigenvalue weighted by Gasteiger charge is -2.12. The number of ether oxygens (including phenoxy) is 1. The van der Waals surface area contributed by atoms with Gasteiger partial charge in [-0.15, -0.1) is 11.6 Å². The van der Waals surface area contributed by atoms with Crippen LogP contribution in [0.4, 0.5) is 5.69 Å². The van der Waals surface area contributed by atoms with Crippen LogP contribution in [0.5, 0.6) is 5.75 Å². The highest BCUT2D eigenvalue weighted by molar-refractivity contribution is 6.29. The molecule has 0 aromatic heterocycles. The van der Waals surface area contributed by atoms with Gasteiger partial charge in [-0.2, -0.15) is 0 Å². The summed E-state index contributed by atoms with van der Waals surface area (Å²) in [6.45, 7) is 3.96. The summed E-state index contributed by atoms with van der Waals surface area (Å²) < 4.78 is 5.71. The lowest BCUT2D eigenvalue weighted by atomic mass is 10.1. The van der Waals surface area contributed by atoms with Gasteiger partial charge in [0.25, 0.3) is 0 Å². The van der Waals surface area contributed by atoms with Crippen LogP contribution in [0.1, 0.15) is 18.1 Å². The molecule has 1 aromatic carbocycles. The second-order valence-electron chi connectivity index (χ2n) is 4.06. The monoisotopic (exact) mass is 239 g/mol. The zero-order valence-electron chi connectivity index (χ0n) is 9.34. The maximum atomic E-state index is 11.3. The van der Waals surface area contributed by atoms with Gasteiger partial charge in [-0.1, -0.05) is 12.1 Å². The van der Waals surface area contributed by atoms with Crippen molar-refractivity contribution in [2.45, 2.75) is 26.4 Å². The average molecular weight is 240 g/mol. The second-order valence-corrected chi connectivity index (χ2v) is 4.33. The summed E-state index contributed by atoms with van der Waals surface area (Å²) in [6, 6.07) is 4.04. The summed E-state index contributed by atoms with van der Waals surface area (Å²) in [6.07, 6.45) is 1.06. The number of fused-ring (bicyclic) bond motifs is 1. The number of nitrogens with one attached hydrogen (secondary N) is 1. The smallest absolute Gasteiger partial charge is 0.239 e. The number of carbonyl (C=O) groups is 1. The molecule has 1 amide bonds. The molecule has 0 bridgehead atoms. The van der Waals surface area contributed by atoms with E-state index in [4.69, 9.17) is 16.3 Å². The van der Waals surface area contributed by atoms with Gasteiger partial charge in [0, 0.05) is 6.42 Å². The van der Waals surface area contributed by atoms with Crippen molar-refractivity contribution in [3.05, 3.63) is 23.3 Å². The molecule has 0 aliphatic carbocycles. The van der Waals surface area contributed by atoms with Gasteiger partial charge in [0.15, 0.2) is 0 Å². The summed E-state index contributed by atoms with van der Waals surface area (Å²) in [5, 5.41) is 2.78. The molecule has 1 aromatic rings. The second kappa shape index (κ2) is 4.34. The number of halogens is 1. The molecule has 3 nitrogen and oxygen atoms in total. The Hall–Kier alpha value is -1.22. The third-order valence-electron chi connectivity index (χ3n) is 2.66. The summed E-state index contributed by atoms with van der Waals surface area (Å²) in [4.78, 5) is 11.3. The van der Waals surface area contributed by atoms with Crippen LogP contribution in [0.15, 0.2) is 12.1 Å². The molecular formula is C12H14ClNO2. The summed E-state index contributed by atoms with van der Waals surface area (Å²) in [5.74, 6) is 0.547. The highest BCUT2D eigenvalue weighted by Crippen LogP contribution is 2.38. The van der Waals surface area contributed by atoms with Gasteiger partial charge >= 0.3 is 0 Å². The minimum atomic E-state index is -0.207. The Labute approximate surface area is 99.7 Å². The molecule has 1 aliphatic heterocycles. The Bertz CT molecular complexity index is 431. The quantitative estimate of drug-likeness (QED) is 0.806. The van der Waals surface area contributed by atoms with Gasteiger partial charge in [0.2, 0.25) is 5.91 Å². The van der Waals surface area contributed by atoms with Crippen LogP contribution in [0.25, 0.3) is 0 Å². The number of hydrogen-bond acceptors (Lipinski definition) is 2. The van der Waals surface area contributed by atoms with Crippen LogP contribution in [0.3, 0.4) is 0 Å². The van der Waals surface area contributed by atoms with Crippen LogP contribution in [-0.4, -0.2) is 17.9 Å². The van der Waals surface area contributed by atoms with Gasteiger partial charge in [0.05, 0.1) is 5.69 Å². The fourth-order valence-corrected chi connectivity index (χ4v) is 1.97. The maximum Gasteiger partial charge on any atom is 0.239 e. The highest BCUT2D eigenvalue weighted by Gasteiger charge is 2.23. The zero-order valence-corrected chi connectivity index (χ0v) is 10.1. The summed E-state index contributed by atoms with van der Waals surface area (Å²) in [7, 11) is 0. The minimum absolute atomic E-state index is 0.0430. The van der Waals surface area contributed by atoms with Crippen molar-refractivity contribution < 1.29 is 9.53 Å². The van der Waals surface area contributed by atoms with E-state index < -0.39 is 0 Å². The van der Waals surface area contributed by atoms with Crippen molar-refractivity contribution in [3.8, 4) is 5.75 Å². The Morgan fingerprint density at radius 1 is 1.62 bits per heavy atom. The number of benzene rings is 1. The fraction of sp³-hybridized carbons (Fsp3) is 0.417. The van der Waals surface area contributed by atoms with Crippen LogP contribution >= 0.6 is 11.6 Å². The first-order chi connectivity index (χ1) is 7.61. The largest absolute Gasteiger partial charge is 0.488 e. The topological polar surface area (TPSA) is 38.3 Å². The molecule has 0 saturated heterocycles. The van der Waals surface area contributed by atoms with Crippen LogP contribution in [0, 0.1) is 6.92 Å². The maximum absolute atomic E-state index is 11.3. The first kappa shape index (κ1) is 11.3. The standard InChI is InChI=1S/C12H14ClNO2/c1-7-3-4-9-5-8(2)16-12(9)11(7)14-10(15)6-13/h3-4,8H,5-6H2,1-2H3,(H,14,15). The van der Waals surface area contributed by atoms with E-state index in [1.54, 1.807) is 0 Å². The van der Waals surface area contributed by atoms with Crippen molar-refractivity contribution in [1.29, 1.82) is 0 Å². The Kier molecular flexibility index (Phi) is 3.06. The number of alkyl halides is 1. The van der Waals surface area contributed by atoms with E-state index in [-0.39, 0.29) is 17.9 Å². The molecule has 1 unspecified atom stereocenters. The first-order valence-electron chi connectivity index (χ1n) is 5.26. The number of aryl methyl sites for hydroxylation is 1. The summed E-state index contributed by atoms with van der Waals surface area (Å²) in [5.41, 5.74) is 2.89. The Balaban J connectivity index is 2.37. The highest BCUT2D eigenvalue weighted by atomic mass is 35.5. The van der Waals surface area contributed by atoms with E-state index >= 15 is 0 Å². The molecular weight excluding hydrogens is 226 g/mol. The molecule has 86 valence electrons. The SMILES string of the molecule is Cc1ccc2c(c1NC(=O)CCl)OC(C)C2. The lowest BCUT2D eigenvalue weighted by molar-refractivity contribution is -0.113. The zero-order chi connectivity index (χ0) is 11.7. The molecule has 0 spiro atoms. The number of anilines is 1. The van der Waals surface area contributed by atoms with E-state index in [0.29, 0.717) is 0 Å². The number of rotatable bonds is 2. The van der Waals surface area contributed by atoms with Crippen molar-refractivity contribution in [1.82, 2.24) is 0 Å². The molecule has 2 rings (SSSR count). The van der Waals surface area contributed by atoms with Gasteiger partial charge in [-0.05, 0) is 25.0 Å². The number of hydrogen-bond donors (Lipinski definition) is 1. The van der Waals surface area contributed by atoms with Crippen molar-refractivity contribution >= 4 is 23.2 Å². The van der Waals surface area contributed by atoms with Gasteiger partial charge < -0.3 is 10.1 Å². The molecule has 0 fully saturated rings. The third kappa shape index (κ3) is 2.00. The predicted molar refractivity (Wildman–Crippen MR) is 64.3 cm³/mol. The van der Waals surface area contributed by atoms with Crippen molar-refractivity contribution in [2.24, 2.45) is 0 Å². The molecule has 16 heavy (non-hydrogen) atoms. The third-order valence-corrected chi connectivity index (χ3v) is 2.90. The van der Waals surface area contributed by atoms with Crippen LogP contribution < -0.4 is 10.1 Å². The molecule has 0 radical (unpaired) electrons. The first-order valence-corrected chi connectivity index (χ1v) is 5.80. The summed E-state index contributed by atoms with van der Waals surface area (Å²) >= 11 is 5.48. The number of carbonyl (C=O) groups excluding carboxylic acids is 1. The normalized spacial score (nSPS) is 17.8. The molecule has 1 aliphatic rings. The van der Waals surface area contributed by atoms with Crippen LogP contribution in [0.2, 0.25) is 0 Å². The fourth-order valence-electron chi connectivity index (χ4n) is 1.90. The van der Waals surface area contributed by atoms with Crippen LogP contribution in [-0.2, 0) is 11.2 Å². The van der Waals surface area contributed by atoms with Gasteiger partial charge in [-0.3, -0.25) is 4.79 Å². The van der Waals surface area contributed by atoms with E-state index in [1.807, 2.05) is 26.0 Å². The molecule has 1 heterocycles.